The van der Waals surface area contributed by atoms with Gasteiger partial charge in [-0.15, -0.1) is 0 Å². The Balaban J connectivity index is 0. The molecule has 0 bridgehead atoms. The van der Waals surface area contributed by atoms with Gasteiger partial charge in [-0.3, -0.25) is 0 Å². The second-order valence-corrected chi connectivity index (χ2v) is 4.07. The second-order valence-electron chi connectivity index (χ2n) is 4.07. The predicted octanol–water partition coefficient (Wildman–Crippen LogP) is 2.59. The summed E-state index contributed by atoms with van der Waals surface area (Å²) in [4.78, 5) is 0. The molecule has 0 spiro atoms. The summed E-state index contributed by atoms with van der Waals surface area (Å²) >= 11 is 0. The van der Waals surface area contributed by atoms with Crippen molar-refractivity contribution in [1.29, 1.82) is 10.5 Å². The molecule has 0 radical (unpaired) electrons. The van der Waals surface area contributed by atoms with Crippen LogP contribution in [0.15, 0.2) is 0 Å². The van der Waals surface area contributed by atoms with Crippen molar-refractivity contribution in [3.63, 3.8) is 0 Å². The zero-order valence-corrected chi connectivity index (χ0v) is 11.8. The lowest BCUT2D eigenvalue weighted by Gasteiger charge is -2.35. The van der Waals surface area contributed by atoms with E-state index in [1.165, 1.54) is 62.3 Å². The van der Waals surface area contributed by atoms with Crippen LogP contribution in [-0.2, 0) is 0 Å². The zero-order valence-electron chi connectivity index (χ0n) is 11.8. The van der Waals surface area contributed by atoms with Gasteiger partial charge in [0.05, 0.1) is 26.2 Å². The summed E-state index contributed by atoms with van der Waals surface area (Å²) in [6, 6.07) is 0. The van der Waals surface area contributed by atoms with Crippen LogP contribution in [0.4, 0.5) is 0 Å². The Morgan fingerprint density at radius 2 is 1.35 bits per heavy atom. The average Bonchev–Trinajstić information content (AvgIpc) is 2.37. The highest BCUT2D eigenvalue weighted by Gasteiger charge is 2.18. The fraction of sp³-hybridized carbons (Fsp3) is 0.846. The molecule has 0 fully saturated rings. The van der Waals surface area contributed by atoms with E-state index in [0.717, 1.165) is 0 Å². The Kier molecular flexibility index (Phi) is 13.6. The van der Waals surface area contributed by atoms with Crippen molar-refractivity contribution in [2.45, 2.75) is 47.0 Å². The minimum Gasteiger partial charge on any atom is -0.324 e. The van der Waals surface area contributed by atoms with E-state index in [0.29, 0.717) is 0 Å². The number of nitriles is 2. The number of nitrogens with one attached hydrogen (secondary N) is 1. The predicted molar refractivity (Wildman–Crippen MR) is 70.6 cm³/mol. The first-order valence-electron chi connectivity index (χ1n) is 6.54. The molecule has 0 aromatic carbocycles. The Morgan fingerprint density at radius 3 is 1.59 bits per heavy atom. The molecule has 0 aromatic rings. The minimum absolute atomic E-state index is 1.30. The van der Waals surface area contributed by atoms with Crippen LogP contribution in [-0.4, -0.2) is 30.7 Å². The molecule has 0 heterocycles. The third-order valence-corrected chi connectivity index (χ3v) is 3.36. The molecule has 1 N–H and O–H groups in total. The zero-order chi connectivity index (χ0) is 13.6. The number of hydrogen-bond donors (Lipinski definition) is 1. The summed E-state index contributed by atoms with van der Waals surface area (Å²) in [5.74, 6) is 0. The number of nitrogens with zero attached hydrogens (tertiary/aromatic N) is 3. The first kappa shape index (κ1) is 18.1. The fourth-order valence-corrected chi connectivity index (χ4v) is 1.87. The van der Waals surface area contributed by atoms with E-state index in [1.54, 1.807) is 5.32 Å². The van der Waals surface area contributed by atoms with Gasteiger partial charge >= 0.3 is 0 Å². The normalized spacial score (nSPS) is 9.53. The lowest BCUT2D eigenvalue weighted by Crippen LogP contribution is -2.48. The summed E-state index contributed by atoms with van der Waals surface area (Å²) in [5.41, 5.74) is 0. The van der Waals surface area contributed by atoms with Gasteiger partial charge in [-0.05, 0) is 33.6 Å². The highest BCUT2D eigenvalue weighted by molar-refractivity contribution is 4.77. The second kappa shape index (κ2) is 12.8. The fourth-order valence-electron chi connectivity index (χ4n) is 1.87. The van der Waals surface area contributed by atoms with E-state index in [-0.39, 0.29) is 0 Å². The summed E-state index contributed by atoms with van der Waals surface area (Å²) in [7, 11) is 0. The van der Waals surface area contributed by atoms with Crippen LogP contribution < -0.4 is 5.32 Å². The van der Waals surface area contributed by atoms with Crippen molar-refractivity contribution < 1.29 is 4.48 Å². The molecule has 17 heavy (non-hydrogen) atoms. The Bertz CT molecular complexity index is 213. The average molecular weight is 239 g/mol. The van der Waals surface area contributed by atoms with E-state index < -0.39 is 0 Å². The lowest BCUT2D eigenvalue weighted by atomic mass is 10.2. The lowest BCUT2D eigenvalue weighted by molar-refractivity contribution is -0.923. The smallest absolute Gasteiger partial charge is 0.190 e. The van der Waals surface area contributed by atoms with Crippen molar-refractivity contribution in [3.05, 3.63) is 0 Å². The van der Waals surface area contributed by atoms with Crippen molar-refractivity contribution in [2.75, 3.05) is 26.2 Å². The quantitative estimate of drug-likeness (QED) is 0.321. The molecule has 0 rings (SSSR count). The molecular weight excluding hydrogens is 212 g/mol. The number of rotatable bonds is 7. The van der Waals surface area contributed by atoms with Gasteiger partial charge in [0, 0.05) is 0 Å². The molecule has 0 amide bonds. The van der Waals surface area contributed by atoms with Crippen LogP contribution in [0.2, 0.25) is 0 Å². The van der Waals surface area contributed by atoms with Crippen molar-refractivity contribution in [2.24, 2.45) is 0 Å². The molecule has 0 atom stereocenters. The SMILES string of the molecule is CCCCC[N+](CC)(CC)CC.N#CNC#N. The van der Waals surface area contributed by atoms with Crippen LogP contribution in [0.5, 0.6) is 0 Å². The van der Waals surface area contributed by atoms with Gasteiger partial charge in [0.1, 0.15) is 0 Å². The Hall–Kier alpha value is -1.26. The standard InChI is InChI=1S/C11H26N.C2HN3/c1-5-9-10-11-12(6-2,7-3)8-4;3-1-5-2-4/h5-11H2,1-4H3;5H/q+1;. The summed E-state index contributed by atoms with van der Waals surface area (Å²) in [6.45, 7) is 14.5. The molecule has 0 aromatic heterocycles. The first-order chi connectivity index (χ1) is 8.16. The molecule has 0 unspecified atom stereocenters. The third-order valence-electron chi connectivity index (χ3n) is 3.36. The molecular formula is C13H27N4+. The van der Waals surface area contributed by atoms with Crippen LogP contribution in [0.25, 0.3) is 0 Å². The maximum Gasteiger partial charge on any atom is 0.190 e. The molecule has 0 aliphatic carbocycles. The van der Waals surface area contributed by atoms with E-state index in [1.807, 2.05) is 0 Å². The highest BCUT2D eigenvalue weighted by Crippen LogP contribution is 2.09. The largest absolute Gasteiger partial charge is 0.324 e. The third kappa shape index (κ3) is 9.66. The molecule has 98 valence electrons. The van der Waals surface area contributed by atoms with Crippen LogP contribution >= 0.6 is 0 Å². The molecule has 0 saturated carbocycles. The maximum absolute atomic E-state index is 7.48. The number of quaternary nitrogens is 1. The van der Waals surface area contributed by atoms with E-state index in [2.05, 4.69) is 27.7 Å². The monoisotopic (exact) mass is 239 g/mol. The number of unbranched alkanes of at least 4 members (excludes halogenated alkanes) is 2. The van der Waals surface area contributed by atoms with Crippen LogP contribution in [0.1, 0.15) is 47.0 Å². The van der Waals surface area contributed by atoms with E-state index in [9.17, 15) is 0 Å². The van der Waals surface area contributed by atoms with Crippen molar-refractivity contribution >= 4 is 0 Å². The van der Waals surface area contributed by atoms with E-state index >= 15 is 0 Å². The topological polar surface area (TPSA) is 59.6 Å². The molecule has 0 aliphatic heterocycles. The van der Waals surface area contributed by atoms with Crippen molar-refractivity contribution in [1.82, 2.24) is 5.32 Å². The van der Waals surface area contributed by atoms with Crippen molar-refractivity contribution in [3.8, 4) is 12.4 Å². The van der Waals surface area contributed by atoms with Gasteiger partial charge in [0.15, 0.2) is 12.4 Å². The maximum atomic E-state index is 7.48. The summed E-state index contributed by atoms with van der Waals surface area (Å²) in [5, 5.41) is 16.7. The number of hydrogen-bond acceptors (Lipinski definition) is 3. The van der Waals surface area contributed by atoms with Gasteiger partial charge in [0.25, 0.3) is 0 Å². The summed E-state index contributed by atoms with van der Waals surface area (Å²) in [6.07, 6.45) is 6.97. The molecule has 4 heteroatoms. The van der Waals surface area contributed by atoms with Gasteiger partial charge in [0.2, 0.25) is 0 Å². The molecule has 0 saturated heterocycles. The van der Waals surface area contributed by atoms with Gasteiger partial charge < -0.3 is 4.48 Å². The van der Waals surface area contributed by atoms with Crippen LogP contribution in [0, 0.1) is 22.9 Å². The van der Waals surface area contributed by atoms with E-state index in [4.69, 9.17) is 10.5 Å². The molecule has 0 aliphatic rings. The van der Waals surface area contributed by atoms with Gasteiger partial charge in [-0.25, -0.2) is 5.32 Å². The first-order valence-corrected chi connectivity index (χ1v) is 6.54. The van der Waals surface area contributed by atoms with Gasteiger partial charge in [-0.2, -0.15) is 10.5 Å². The van der Waals surface area contributed by atoms with Gasteiger partial charge in [-0.1, -0.05) is 13.3 Å². The van der Waals surface area contributed by atoms with Crippen LogP contribution in [0.3, 0.4) is 0 Å². The molecule has 4 nitrogen and oxygen atoms in total. The highest BCUT2D eigenvalue weighted by atomic mass is 15.3. The minimum atomic E-state index is 1.30. The Morgan fingerprint density at radius 1 is 0.882 bits per heavy atom. The Labute approximate surface area is 106 Å². The summed E-state index contributed by atoms with van der Waals surface area (Å²) < 4.78 is 1.32.